The van der Waals surface area contributed by atoms with Gasteiger partial charge in [0.25, 0.3) is 0 Å². The molecule has 104 valence electrons. The van der Waals surface area contributed by atoms with Crippen molar-refractivity contribution in [3.63, 3.8) is 0 Å². The first-order chi connectivity index (χ1) is 9.15. The van der Waals surface area contributed by atoms with Crippen molar-refractivity contribution >= 4 is 11.8 Å². The van der Waals surface area contributed by atoms with E-state index >= 15 is 0 Å². The molecule has 1 heterocycles. The van der Waals surface area contributed by atoms with E-state index in [-0.39, 0.29) is 12.2 Å². The standard InChI is InChI=1S/C15H22N2O2/c1-12(2)17-10-8-14(9-11-17)19-15(18)16-13-6-4-3-5-7-13/h3-7,12,14H,8-11H2,1-2H3,(H,16,18). The average Bonchev–Trinajstić information content (AvgIpc) is 2.40. The van der Waals surface area contributed by atoms with Gasteiger partial charge in [0.1, 0.15) is 6.10 Å². The predicted octanol–water partition coefficient (Wildman–Crippen LogP) is 3.11. The Morgan fingerprint density at radius 1 is 1.26 bits per heavy atom. The first-order valence-corrected chi connectivity index (χ1v) is 6.92. The first-order valence-electron chi connectivity index (χ1n) is 6.92. The molecule has 1 aromatic rings. The molecule has 1 N–H and O–H groups in total. The lowest BCUT2D eigenvalue weighted by atomic mass is 10.1. The summed E-state index contributed by atoms with van der Waals surface area (Å²) in [5.74, 6) is 0. The van der Waals surface area contributed by atoms with Crippen LogP contribution in [0, 0.1) is 0 Å². The number of amides is 1. The number of carbonyl (C=O) groups is 1. The van der Waals surface area contributed by atoms with Gasteiger partial charge in [-0.25, -0.2) is 4.79 Å². The third-order valence-corrected chi connectivity index (χ3v) is 3.50. The number of piperidine rings is 1. The third kappa shape index (κ3) is 4.24. The molecule has 4 nitrogen and oxygen atoms in total. The molecular formula is C15H22N2O2. The lowest BCUT2D eigenvalue weighted by molar-refractivity contribution is 0.0497. The minimum absolute atomic E-state index is 0.0405. The number of carbonyl (C=O) groups excluding carboxylic acids is 1. The van der Waals surface area contributed by atoms with E-state index in [0.717, 1.165) is 31.6 Å². The maximum absolute atomic E-state index is 11.7. The molecule has 2 rings (SSSR count). The van der Waals surface area contributed by atoms with Crippen LogP contribution in [0.1, 0.15) is 26.7 Å². The van der Waals surface area contributed by atoms with Gasteiger partial charge in [0.2, 0.25) is 0 Å². The molecule has 0 unspecified atom stereocenters. The fraction of sp³-hybridized carbons (Fsp3) is 0.533. The van der Waals surface area contributed by atoms with Crippen molar-refractivity contribution in [2.24, 2.45) is 0 Å². The summed E-state index contributed by atoms with van der Waals surface area (Å²) in [5.41, 5.74) is 0.770. The molecule has 0 atom stereocenters. The number of benzene rings is 1. The normalized spacial score (nSPS) is 17.4. The number of nitrogens with zero attached hydrogens (tertiary/aromatic N) is 1. The molecule has 0 bridgehead atoms. The van der Waals surface area contributed by atoms with Gasteiger partial charge < -0.3 is 9.64 Å². The van der Waals surface area contributed by atoms with E-state index in [1.807, 2.05) is 30.3 Å². The molecule has 0 aliphatic carbocycles. The number of rotatable bonds is 3. The fourth-order valence-corrected chi connectivity index (χ4v) is 2.33. The molecule has 1 aliphatic heterocycles. The number of hydrogen-bond donors (Lipinski definition) is 1. The van der Waals surface area contributed by atoms with Gasteiger partial charge in [-0.3, -0.25) is 5.32 Å². The second kappa shape index (κ2) is 6.57. The summed E-state index contributed by atoms with van der Waals surface area (Å²) >= 11 is 0. The van der Waals surface area contributed by atoms with Crippen molar-refractivity contribution in [2.45, 2.75) is 38.8 Å². The highest BCUT2D eigenvalue weighted by atomic mass is 16.6. The van der Waals surface area contributed by atoms with E-state index in [2.05, 4.69) is 24.1 Å². The molecular weight excluding hydrogens is 240 g/mol. The summed E-state index contributed by atoms with van der Waals surface area (Å²) in [4.78, 5) is 14.2. The Balaban J connectivity index is 1.75. The van der Waals surface area contributed by atoms with Gasteiger partial charge in [-0.1, -0.05) is 18.2 Å². The zero-order chi connectivity index (χ0) is 13.7. The molecule has 19 heavy (non-hydrogen) atoms. The van der Waals surface area contributed by atoms with Crippen molar-refractivity contribution in [1.29, 1.82) is 0 Å². The van der Waals surface area contributed by atoms with Gasteiger partial charge in [-0.15, -0.1) is 0 Å². The monoisotopic (exact) mass is 262 g/mol. The number of nitrogens with one attached hydrogen (secondary N) is 1. The van der Waals surface area contributed by atoms with Crippen LogP contribution < -0.4 is 5.32 Å². The Bertz CT molecular complexity index is 398. The zero-order valence-corrected chi connectivity index (χ0v) is 11.6. The summed E-state index contributed by atoms with van der Waals surface area (Å²) in [6.07, 6.45) is 1.52. The number of para-hydroxylation sites is 1. The first kappa shape index (κ1) is 13.9. The Labute approximate surface area is 114 Å². The van der Waals surface area contributed by atoms with E-state index in [4.69, 9.17) is 4.74 Å². The number of anilines is 1. The van der Waals surface area contributed by atoms with E-state index in [1.54, 1.807) is 0 Å². The van der Waals surface area contributed by atoms with Crippen LogP contribution in [0.3, 0.4) is 0 Å². The Morgan fingerprint density at radius 2 is 1.89 bits per heavy atom. The lowest BCUT2D eigenvalue weighted by Gasteiger charge is -2.34. The van der Waals surface area contributed by atoms with E-state index in [0.29, 0.717) is 6.04 Å². The fourth-order valence-electron chi connectivity index (χ4n) is 2.33. The second-order valence-electron chi connectivity index (χ2n) is 5.23. The SMILES string of the molecule is CC(C)N1CCC(OC(=O)Nc2ccccc2)CC1. The molecule has 0 saturated carbocycles. The zero-order valence-electron chi connectivity index (χ0n) is 11.6. The van der Waals surface area contributed by atoms with Crippen molar-refractivity contribution in [1.82, 2.24) is 4.90 Å². The van der Waals surface area contributed by atoms with Gasteiger partial charge in [0.15, 0.2) is 0 Å². The molecule has 0 spiro atoms. The lowest BCUT2D eigenvalue weighted by Crippen LogP contribution is -2.41. The molecule has 0 radical (unpaired) electrons. The van der Waals surface area contributed by atoms with Crippen LogP contribution in [-0.4, -0.2) is 36.2 Å². The minimum Gasteiger partial charge on any atom is -0.446 e. The summed E-state index contributed by atoms with van der Waals surface area (Å²) in [6, 6.07) is 9.95. The molecule has 0 aromatic heterocycles. The molecule has 1 aliphatic rings. The Kier molecular flexibility index (Phi) is 4.80. The largest absolute Gasteiger partial charge is 0.446 e. The number of likely N-dealkylation sites (tertiary alicyclic amines) is 1. The topological polar surface area (TPSA) is 41.6 Å². The van der Waals surface area contributed by atoms with Crippen LogP contribution in [0.25, 0.3) is 0 Å². The van der Waals surface area contributed by atoms with Crippen molar-refractivity contribution < 1.29 is 9.53 Å². The predicted molar refractivity (Wildman–Crippen MR) is 76.3 cm³/mol. The smallest absolute Gasteiger partial charge is 0.411 e. The Morgan fingerprint density at radius 3 is 2.47 bits per heavy atom. The molecule has 1 saturated heterocycles. The summed E-state index contributed by atoms with van der Waals surface area (Å²) in [5, 5.41) is 2.75. The van der Waals surface area contributed by atoms with Crippen LogP contribution in [0.5, 0.6) is 0 Å². The van der Waals surface area contributed by atoms with Crippen LogP contribution in [0.15, 0.2) is 30.3 Å². The number of ether oxygens (including phenoxy) is 1. The highest BCUT2D eigenvalue weighted by Crippen LogP contribution is 2.16. The van der Waals surface area contributed by atoms with Gasteiger partial charge in [-0.2, -0.15) is 0 Å². The highest BCUT2D eigenvalue weighted by molar-refractivity contribution is 5.84. The third-order valence-electron chi connectivity index (χ3n) is 3.50. The van der Waals surface area contributed by atoms with Gasteiger partial charge in [0, 0.05) is 24.8 Å². The van der Waals surface area contributed by atoms with Gasteiger partial charge in [-0.05, 0) is 38.8 Å². The van der Waals surface area contributed by atoms with E-state index in [9.17, 15) is 4.79 Å². The second-order valence-corrected chi connectivity index (χ2v) is 5.23. The van der Waals surface area contributed by atoms with Gasteiger partial charge >= 0.3 is 6.09 Å². The highest BCUT2D eigenvalue weighted by Gasteiger charge is 2.23. The van der Waals surface area contributed by atoms with Gasteiger partial charge in [0.05, 0.1) is 0 Å². The van der Waals surface area contributed by atoms with Crippen LogP contribution in [-0.2, 0) is 4.74 Å². The summed E-state index contributed by atoms with van der Waals surface area (Å²) in [7, 11) is 0. The average molecular weight is 262 g/mol. The quantitative estimate of drug-likeness (QED) is 0.910. The minimum atomic E-state index is -0.353. The molecule has 1 fully saturated rings. The molecule has 1 aromatic carbocycles. The van der Waals surface area contributed by atoms with E-state index < -0.39 is 0 Å². The van der Waals surface area contributed by atoms with Crippen molar-refractivity contribution in [3.8, 4) is 0 Å². The molecule has 4 heteroatoms. The van der Waals surface area contributed by atoms with Crippen LogP contribution in [0.2, 0.25) is 0 Å². The summed E-state index contributed by atoms with van der Waals surface area (Å²) in [6.45, 7) is 6.40. The number of hydrogen-bond acceptors (Lipinski definition) is 3. The maximum atomic E-state index is 11.7. The molecule has 1 amide bonds. The summed E-state index contributed by atoms with van der Waals surface area (Å²) < 4.78 is 5.45. The van der Waals surface area contributed by atoms with Crippen molar-refractivity contribution in [2.75, 3.05) is 18.4 Å². The van der Waals surface area contributed by atoms with Crippen molar-refractivity contribution in [3.05, 3.63) is 30.3 Å². The maximum Gasteiger partial charge on any atom is 0.411 e. The van der Waals surface area contributed by atoms with Crippen LogP contribution >= 0.6 is 0 Å². The Hall–Kier alpha value is -1.55. The van der Waals surface area contributed by atoms with Crippen LogP contribution in [0.4, 0.5) is 10.5 Å². The van der Waals surface area contributed by atoms with E-state index in [1.165, 1.54) is 0 Å².